The van der Waals surface area contributed by atoms with Gasteiger partial charge in [0.05, 0.1) is 11.5 Å². The van der Waals surface area contributed by atoms with Crippen LogP contribution in [0.25, 0.3) is 0 Å². The first-order chi connectivity index (χ1) is 16.1. The van der Waals surface area contributed by atoms with E-state index in [4.69, 9.17) is 0 Å². The molecule has 0 unspecified atom stereocenters. The zero-order valence-corrected chi connectivity index (χ0v) is 18.7. The molecule has 1 fully saturated rings. The summed E-state index contributed by atoms with van der Waals surface area (Å²) in [7, 11) is 0. The van der Waals surface area contributed by atoms with Crippen LogP contribution in [0.5, 0.6) is 5.75 Å². The molecule has 6 rings (SSSR count). The highest BCUT2D eigenvalue weighted by Crippen LogP contribution is 2.46. The molecule has 2 heterocycles. The Morgan fingerprint density at radius 2 is 1.42 bits per heavy atom. The van der Waals surface area contributed by atoms with E-state index in [0.717, 1.165) is 44.9 Å². The third-order valence-corrected chi connectivity index (χ3v) is 7.96. The highest BCUT2D eigenvalue weighted by molar-refractivity contribution is 6.02. The van der Waals surface area contributed by atoms with Gasteiger partial charge in [-0.3, -0.25) is 19.3 Å². The maximum absolute atomic E-state index is 13.8. The second kappa shape index (κ2) is 7.62. The lowest BCUT2D eigenvalue weighted by molar-refractivity contribution is 0.0647. The maximum Gasteiger partial charge on any atom is 0.224 e. The zero-order valence-electron chi connectivity index (χ0n) is 18.7. The molecular weight excluding hydrogens is 412 g/mol. The number of hydrogen-bond acceptors (Lipinski definition) is 4. The third-order valence-electron chi connectivity index (χ3n) is 7.96. The number of aromatic hydroxyl groups is 1. The van der Waals surface area contributed by atoms with Crippen LogP contribution in [-0.4, -0.2) is 22.1 Å². The van der Waals surface area contributed by atoms with Gasteiger partial charge in [-0.1, -0.05) is 67.8 Å². The molecule has 0 bridgehead atoms. The fraction of sp³-hybridized carbons (Fsp3) is 0.357. The number of hydrogen-bond donors (Lipinski definition) is 1. The molecule has 0 radical (unpaired) electrons. The van der Waals surface area contributed by atoms with E-state index in [-0.39, 0.29) is 17.5 Å². The van der Waals surface area contributed by atoms with Gasteiger partial charge in [-0.05, 0) is 47.9 Å². The van der Waals surface area contributed by atoms with Gasteiger partial charge in [-0.15, -0.1) is 0 Å². The molecule has 5 heteroatoms. The van der Waals surface area contributed by atoms with Gasteiger partial charge in [0, 0.05) is 18.8 Å². The predicted molar refractivity (Wildman–Crippen MR) is 127 cm³/mol. The van der Waals surface area contributed by atoms with E-state index < -0.39 is 16.6 Å². The van der Waals surface area contributed by atoms with Crippen molar-refractivity contribution in [2.75, 3.05) is 11.6 Å². The van der Waals surface area contributed by atoms with Crippen molar-refractivity contribution in [2.45, 2.75) is 51.0 Å². The van der Waals surface area contributed by atoms with Gasteiger partial charge in [-0.25, -0.2) is 0 Å². The summed E-state index contributed by atoms with van der Waals surface area (Å²) in [6.45, 7) is 0.578. The van der Waals surface area contributed by atoms with Crippen LogP contribution >= 0.6 is 0 Å². The summed E-state index contributed by atoms with van der Waals surface area (Å²) in [6.07, 6.45) is 8.29. The molecule has 1 spiro atoms. The van der Waals surface area contributed by atoms with Crippen molar-refractivity contribution in [2.24, 2.45) is 5.41 Å². The molecule has 0 saturated heterocycles. The largest absolute Gasteiger partial charge is 0.503 e. The van der Waals surface area contributed by atoms with E-state index in [1.54, 1.807) is 10.9 Å². The first-order valence-corrected chi connectivity index (χ1v) is 12.0. The number of aromatic nitrogens is 1. The van der Waals surface area contributed by atoms with Crippen molar-refractivity contribution in [3.63, 3.8) is 0 Å². The highest BCUT2D eigenvalue weighted by atomic mass is 16.3. The van der Waals surface area contributed by atoms with Crippen LogP contribution in [0.4, 0.5) is 0 Å². The Labute approximate surface area is 193 Å². The smallest absolute Gasteiger partial charge is 0.224 e. The molecule has 0 atom stereocenters. The average molecular weight is 441 g/mol. The number of Topliss-reactive ketones (excluding diaryl/α,β-unsaturated/α-hetero) is 1. The normalized spacial score (nSPS) is 19.5. The van der Waals surface area contributed by atoms with Crippen LogP contribution < -0.4 is 10.4 Å². The molecule has 33 heavy (non-hydrogen) atoms. The van der Waals surface area contributed by atoms with Gasteiger partial charge in [0.2, 0.25) is 5.43 Å². The summed E-state index contributed by atoms with van der Waals surface area (Å²) >= 11 is 0. The number of rotatable bonds is 1. The molecule has 168 valence electrons. The number of benzene rings is 2. The summed E-state index contributed by atoms with van der Waals surface area (Å²) in [5.74, 6) is -0.504. The first kappa shape index (κ1) is 20.3. The average Bonchev–Trinajstić information content (AvgIpc) is 3.01. The SMILES string of the molecule is O=C1c2c(O)c(=O)ccn2N(C2c3ccccc3CCc3ccccc32)CC12CCCCC2. The Bertz CT molecular complexity index is 1250. The van der Waals surface area contributed by atoms with E-state index in [9.17, 15) is 14.7 Å². The number of nitrogens with zero attached hydrogens (tertiary/aromatic N) is 2. The van der Waals surface area contributed by atoms with E-state index in [1.165, 1.54) is 28.3 Å². The minimum absolute atomic E-state index is 0.0798. The second-order valence-electron chi connectivity index (χ2n) is 9.79. The predicted octanol–water partition coefficient (Wildman–Crippen LogP) is 4.53. The van der Waals surface area contributed by atoms with Crippen LogP contribution in [0.2, 0.25) is 0 Å². The van der Waals surface area contributed by atoms with Gasteiger partial charge in [0.25, 0.3) is 0 Å². The highest BCUT2D eigenvalue weighted by Gasteiger charge is 2.49. The number of ketones is 1. The van der Waals surface area contributed by atoms with Crippen LogP contribution in [0.15, 0.2) is 65.6 Å². The van der Waals surface area contributed by atoms with Crippen molar-refractivity contribution in [3.05, 3.63) is 99.0 Å². The Balaban J connectivity index is 1.62. The van der Waals surface area contributed by atoms with E-state index in [2.05, 4.69) is 53.5 Å². The molecule has 0 amide bonds. The molecule has 5 nitrogen and oxygen atoms in total. The second-order valence-corrected chi connectivity index (χ2v) is 9.79. The molecular formula is C28H28N2O3. The monoisotopic (exact) mass is 440 g/mol. The van der Waals surface area contributed by atoms with Crippen LogP contribution in [0, 0.1) is 5.41 Å². The van der Waals surface area contributed by atoms with Crippen LogP contribution in [0.3, 0.4) is 0 Å². The number of carbonyl (C=O) groups excluding carboxylic acids is 1. The topological polar surface area (TPSA) is 62.5 Å². The number of carbonyl (C=O) groups is 1. The lowest BCUT2D eigenvalue weighted by Crippen LogP contribution is -2.56. The van der Waals surface area contributed by atoms with Crippen molar-refractivity contribution in [1.82, 2.24) is 4.68 Å². The molecule has 1 saturated carbocycles. The van der Waals surface area contributed by atoms with E-state index in [0.29, 0.717) is 6.54 Å². The van der Waals surface area contributed by atoms with Crippen molar-refractivity contribution < 1.29 is 9.90 Å². The minimum atomic E-state index is -0.570. The van der Waals surface area contributed by atoms with Gasteiger partial charge in [0.15, 0.2) is 17.2 Å². The number of pyridine rings is 1. The molecule has 1 N–H and O–H groups in total. The number of aryl methyl sites for hydroxylation is 2. The minimum Gasteiger partial charge on any atom is -0.503 e. The Morgan fingerprint density at radius 1 is 0.818 bits per heavy atom. The lowest BCUT2D eigenvalue weighted by Gasteiger charge is -2.49. The molecule has 2 aromatic carbocycles. The summed E-state index contributed by atoms with van der Waals surface area (Å²) in [6, 6.07) is 18.4. The van der Waals surface area contributed by atoms with Gasteiger partial charge in [0.1, 0.15) is 0 Å². The molecule has 3 aromatic rings. The zero-order chi connectivity index (χ0) is 22.6. The van der Waals surface area contributed by atoms with Crippen LogP contribution in [0.1, 0.15) is 70.9 Å². The fourth-order valence-corrected chi connectivity index (χ4v) is 6.30. The first-order valence-electron chi connectivity index (χ1n) is 12.0. The van der Waals surface area contributed by atoms with E-state index in [1.807, 2.05) is 0 Å². The van der Waals surface area contributed by atoms with Crippen molar-refractivity contribution in [3.8, 4) is 5.75 Å². The Kier molecular flexibility index (Phi) is 4.68. The van der Waals surface area contributed by atoms with Gasteiger partial charge in [-0.2, -0.15) is 0 Å². The van der Waals surface area contributed by atoms with E-state index >= 15 is 0 Å². The van der Waals surface area contributed by atoms with Crippen molar-refractivity contribution in [1.29, 1.82) is 0 Å². The summed E-state index contributed by atoms with van der Waals surface area (Å²) in [5.41, 5.74) is 4.15. The Morgan fingerprint density at radius 3 is 2.06 bits per heavy atom. The third kappa shape index (κ3) is 3.05. The maximum atomic E-state index is 13.8. The van der Waals surface area contributed by atoms with Crippen LogP contribution in [-0.2, 0) is 12.8 Å². The quantitative estimate of drug-likeness (QED) is 0.604. The molecule has 1 aromatic heterocycles. The fourth-order valence-electron chi connectivity index (χ4n) is 6.30. The standard InChI is InChI=1S/C28H28N2O3/c31-23-14-17-29-25(26(23)32)27(33)28(15-6-1-7-16-28)18-30(29)24-21-10-4-2-8-19(21)12-13-20-9-3-5-11-22(20)24/h2-5,8-11,14,17,24,32H,1,6-7,12-13,15-16,18H2. The van der Waals surface area contributed by atoms with Gasteiger partial charge < -0.3 is 5.11 Å². The summed E-state index contributed by atoms with van der Waals surface area (Å²) in [5, 5.41) is 13.0. The Hall–Kier alpha value is -3.34. The summed E-state index contributed by atoms with van der Waals surface area (Å²) < 4.78 is 1.77. The molecule has 1 aliphatic heterocycles. The number of fused-ring (bicyclic) bond motifs is 3. The lowest BCUT2D eigenvalue weighted by atomic mass is 9.68. The molecule has 2 aliphatic carbocycles. The van der Waals surface area contributed by atoms with Crippen molar-refractivity contribution >= 4 is 5.78 Å². The summed E-state index contributed by atoms with van der Waals surface area (Å²) in [4.78, 5) is 26.2. The molecule has 3 aliphatic rings. The van der Waals surface area contributed by atoms with Gasteiger partial charge >= 0.3 is 0 Å².